The molecule has 0 radical (unpaired) electrons. The van der Waals surface area contributed by atoms with Gasteiger partial charge >= 0.3 is 0 Å². The summed E-state index contributed by atoms with van der Waals surface area (Å²) in [5.41, 5.74) is 6.43. The lowest BCUT2D eigenvalue weighted by Gasteiger charge is -2.30. The maximum atomic E-state index is 13.1. The van der Waals surface area contributed by atoms with Crippen molar-refractivity contribution in [2.45, 2.75) is 57.5 Å². The molecule has 9 heteroatoms. The molecule has 30 heavy (non-hydrogen) atoms. The maximum Gasteiger partial charge on any atom is 0.246 e. The quantitative estimate of drug-likeness (QED) is 0.573. The predicted molar refractivity (Wildman–Crippen MR) is 123 cm³/mol. The van der Waals surface area contributed by atoms with Crippen LogP contribution in [0.5, 0.6) is 0 Å². The van der Waals surface area contributed by atoms with Gasteiger partial charge in [-0.2, -0.15) is 0 Å². The third-order valence-corrected chi connectivity index (χ3v) is 6.79. The summed E-state index contributed by atoms with van der Waals surface area (Å²) in [5, 5.41) is 3.88. The summed E-state index contributed by atoms with van der Waals surface area (Å²) in [6.07, 6.45) is 1.39. The first kappa shape index (κ1) is 25.0. The van der Waals surface area contributed by atoms with Crippen molar-refractivity contribution in [1.82, 2.24) is 10.2 Å². The van der Waals surface area contributed by atoms with Crippen LogP contribution in [-0.4, -0.2) is 52.9 Å². The second-order valence-electron chi connectivity index (χ2n) is 7.87. The Morgan fingerprint density at radius 1 is 1.23 bits per heavy atom. The van der Waals surface area contributed by atoms with E-state index in [1.54, 1.807) is 30.0 Å². The highest BCUT2D eigenvalue weighted by Gasteiger charge is 2.38. The molecule has 0 unspecified atom stereocenters. The number of likely N-dealkylation sites (tertiary alicyclic amines) is 1. The maximum absolute atomic E-state index is 13.1. The molecule has 0 aromatic heterocycles. The van der Waals surface area contributed by atoms with Crippen molar-refractivity contribution in [3.05, 3.63) is 33.8 Å². The molecule has 1 aromatic carbocycles. The van der Waals surface area contributed by atoms with E-state index in [4.69, 9.17) is 28.9 Å². The lowest BCUT2D eigenvalue weighted by atomic mass is 10.0. The smallest absolute Gasteiger partial charge is 0.246 e. The molecule has 2 amide bonds. The van der Waals surface area contributed by atoms with Crippen LogP contribution in [0.3, 0.4) is 0 Å². The van der Waals surface area contributed by atoms with Gasteiger partial charge in [-0.1, -0.05) is 43.1 Å². The Hall–Kier alpha value is -1.28. The highest BCUT2D eigenvalue weighted by Crippen LogP contribution is 2.29. The van der Waals surface area contributed by atoms with Gasteiger partial charge in [0.2, 0.25) is 11.8 Å². The second kappa shape index (κ2) is 11.4. The molecule has 166 valence electrons. The van der Waals surface area contributed by atoms with Gasteiger partial charge in [0.1, 0.15) is 6.04 Å². The Bertz CT molecular complexity index is 769. The molecule has 1 fully saturated rings. The molecular weight excluding hydrogens is 445 g/mol. The van der Waals surface area contributed by atoms with Crippen LogP contribution in [0, 0.1) is 5.92 Å². The number of nitrogens with two attached hydrogens (primary N) is 1. The molecule has 1 saturated heterocycles. The van der Waals surface area contributed by atoms with Crippen molar-refractivity contribution < 1.29 is 14.4 Å². The molecule has 3 atom stereocenters. The standard InChI is InChI=1S/C21H29Cl2N3O3S/c1-12(2)19(25-20(28)13(3)24)21(29)26-9-5-8-17(26)18(27)11-30-10-14-15(22)6-4-7-16(14)23/h4,6-7,12-13,17,19H,5,8-11,24H2,1-3H3,(H,25,28)/t13-,17-,19-/m0/s1. The largest absolute Gasteiger partial charge is 0.343 e. The van der Waals surface area contributed by atoms with Crippen LogP contribution < -0.4 is 11.1 Å². The normalized spacial score (nSPS) is 18.4. The summed E-state index contributed by atoms with van der Waals surface area (Å²) >= 11 is 13.8. The molecule has 1 heterocycles. The van der Waals surface area contributed by atoms with Gasteiger partial charge in [-0.3, -0.25) is 14.4 Å². The summed E-state index contributed by atoms with van der Waals surface area (Å²) in [7, 11) is 0. The number of nitrogens with zero attached hydrogens (tertiary/aromatic N) is 1. The molecule has 1 aliphatic rings. The number of halogens is 2. The number of rotatable bonds is 9. The van der Waals surface area contributed by atoms with Gasteiger partial charge in [0, 0.05) is 22.3 Å². The monoisotopic (exact) mass is 473 g/mol. The number of carbonyl (C=O) groups is 3. The molecule has 0 spiro atoms. The molecule has 0 aliphatic carbocycles. The highest BCUT2D eigenvalue weighted by molar-refractivity contribution is 7.99. The minimum Gasteiger partial charge on any atom is -0.343 e. The number of hydrogen-bond donors (Lipinski definition) is 2. The third-order valence-electron chi connectivity index (χ3n) is 5.10. The fraction of sp³-hybridized carbons (Fsp3) is 0.571. The summed E-state index contributed by atoms with van der Waals surface area (Å²) < 4.78 is 0. The zero-order chi connectivity index (χ0) is 22.4. The van der Waals surface area contributed by atoms with E-state index in [0.717, 1.165) is 12.0 Å². The minimum absolute atomic E-state index is 0.00458. The van der Waals surface area contributed by atoms with E-state index in [1.807, 2.05) is 13.8 Å². The van der Waals surface area contributed by atoms with Crippen molar-refractivity contribution in [3.63, 3.8) is 0 Å². The van der Waals surface area contributed by atoms with E-state index in [-0.39, 0.29) is 29.3 Å². The third kappa shape index (κ3) is 6.36. The fourth-order valence-corrected chi connectivity index (χ4v) is 5.06. The fourth-order valence-electron chi connectivity index (χ4n) is 3.36. The van der Waals surface area contributed by atoms with E-state index in [0.29, 0.717) is 28.8 Å². The summed E-state index contributed by atoms with van der Waals surface area (Å²) in [6, 6.07) is 3.44. The molecule has 3 N–H and O–H groups in total. The SMILES string of the molecule is CC(C)[C@H](NC(=O)[C@H](C)N)C(=O)N1CCC[C@H]1C(=O)CSCc1c(Cl)cccc1Cl. The van der Waals surface area contributed by atoms with Crippen LogP contribution >= 0.6 is 35.0 Å². The lowest BCUT2D eigenvalue weighted by molar-refractivity contribution is -0.141. The number of nitrogens with one attached hydrogen (secondary N) is 1. The van der Waals surface area contributed by atoms with Gasteiger partial charge in [-0.15, -0.1) is 11.8 Å². The van der Waals surface area contributed by atoms with Gasteiger partial charge in [0.25, 0.3) is 0 Å². The van der Waals surface area contributed by atoms with Gasteiger partial charge < -0.3 is 16.0 Å². The molecule has 0 saturated carbocycles. The average Bonchev–Trinajstić information content (AvgIpc) is 3.17. The van der Waals surface area contributed by atoms with Crippen molar-refractivity contribution >= 4 is 52.6 Å². The molecule has 1 aromatic rings. The predicted octanol–water partition coefficient (Wildman–Crippen LogP) is 3.27. The summed E-state index contributed by atoms with van der Waals surface area (Å²) in [6.45, 7) is 5.80. The molecule has 2 rings (SSSR count). The Labute approximate surface area is 192 Å². The van der Waals surface area contributed by atoms with Gasteiger partial charge in [-0.25, -0.2) is 0 Å². The van der Waals surface area contributed by atoms with Crippen molar-refractivity contribution in [1.29, 1.82) is 0 Å². The lowest BCUT2D eigenvalue weighted by Crippen LogP contribution is -2.56. The first-order valence-corrected chi connectivity index (χ1v) is 11.9. The first-order valence-electron chi connectivity index (χ1n) is 10.0. The van der Waals surface area contributed by atoms with Crippen LogP contribution in [0.15, 0.2) is 18.2 Å². The second-order valence-corrected chi connectivity index (χ2v) is 9.67. The van der Waals surface area contributed by atoms with Crippen LogP contribution in [0.4, 0.5) is 0 Å². The number of benzene rings is 1. The number of Topliss-reactive ketones (excluding diaryl/α,β-unsaturated/α-hetero) is 1. The van der Waals surface area contributed by atoms with Crippen LogP contribution in [-0.2, 0) is 20.1 Å². The van der Waals surface area contributed by atoms with E-state index in [1.165, 1.54) is 11.8 Å². The Kier molecular flexibility index (Phi) is 9.47. The van der Waals surface area contributed by atoms with Crippen molar-refractivity contribution in [2.24, 2.45) is 11.7 Å². The van der Waals surface area contributed by atoms with E-state index in [2.05, 4.69) is 5.32 Å². The zero-order valence-corrected chi connectivity index (χ0v) is 19.8. The van der Waals surface area contributed by atoms with Crippen LogP contribution in [0.1, 0.15) is 39.2 Å². The number of thioether (sulfide) groups is 1. The molecular formula is C21H29Cl2N3O3S. The topological polar surface area (TPSA) is 92.5 Å². The van der Waals surface area contributed by atoms with Gasteiger partial charge in [0.15, 0.2) is 5.78 Å². The molecule has 1 aliphatic heterocycles. The van der Waals surface area contributed by atoms with E-state index < -0.39 is 18.1 Å². The van der Waals surface area contributed by atoms with E-state index >= 15 is 0 Å². The van der Waals surface area contributed by atoms with Crippen LogP contribution in [0.2, 0.25) is 10.0 Å². The average molecular weight is 474 g/mol. The molecule has 0 bridgehead atoms. The van der Waals surface area contributed by atoms with E-state index in [9.17, 15) is 14.4 Å². The first-order chi connectivity index (χ1) is 14.1. The number of hydrogen-bond acceptors (Lipinski definition) is 5. The Balaban J connectivity index is 2.00. The van der Waals surface area contributed by atoms with Crippen LogP contribution in [0.25, 0.3) is 0 Å². The Morgan fingerprint density at radius 3 is 2.43 bits per heavy atom. The zero-order valence-electron chi connectivity index (χ0n) is 17.5. The number of ketones is 1. The molecule has 6 nitrogen and oxygen atoms in total. The Morgan fingerprint density at radius 2 is 1.87 bits per heavy atom. The van der Waals surface area contributed by atoms with Gasteiger partial charge in [-0.05, 0) is 43.4 Å². The van der Waals surface area contributed by atoms with Crippen molar-refractivity contribution in [2.75, 3.05) is 12.3 Å². The summed E-state index contributed by atoms with van der Waals surface area (Å²) in [4.78, 5) is 39.6. The minimum atomic E-state index is -0.705. The summed E-state index contributed by atoms with van der Waals surface area (Å²) in [5.74, 6) is 0.0482. The number of carbonyl (C=O) groups excluding carboxylic acids is 3. The number of amides is 2. The van der Waals surface area contributed by atoms with Gasteiger partial charge in [0.05, 0.1) is 17.8 Å². The highest BCUT2D eigenvalue weighted by atomic mass is 35.5. The van der Waals surface area contributed by atoms with Crippen molar-refractivity contribution in [3.8, 4) is 0 Å².